The highest BCUT2D eigenvalue weighted by atomic mass is 127. The van der Waals surface area contributed by atoms with Gasteiger partial charge in [0, 0.05) is 24.9 Å². The van der Waals surface area contributed by atoms with Gasteiger partial charge in [-0.15, -0.1) is 0 Å². The molecule has 6 heteroatoms. The second kappa shape index (κ2) is 6.99. The fraction of sp³-hybridized carbons (Fsp3) is 0.222. The fourth-order valence-electron chi connectivity index (χ4n) is 2.62. The summed E-state index contributed by atoms with van der Waals surface area (Å²) in [4.78, 5) is 0. The average Bonchev–Trinajstić information content (AvgIpc) is 2.98. The maximum absolute atomic E-state index is 4.36. The van der Waals surface area contributed by atoms with Gasteiger partial charge in [-0.2, -0.15) is 10.2 Å². The fourth-order valence-corrected chi connectivity index (χ4v) is 3.91. The average molecular weight is 544 g/mol. The van der Waals surface area contributed by atoms with Crippen LogP contribution >= 0.6 is 45.2 Å². The molecule has 24 heavy (non-hydrogen) atoms. The standard InChI is InChI=1S/2C9H9IN2/c1-6-3-4-8-7(5-6)9(10)11-12(8)2;1-6-3-4-8-7(5-6)9(10)12(2)11-8/h2*3-5H,1-2H3. The van der Waals surface area contributed by atoms with E-state index in [1.165, 1.54) is 31.1 Å². The Morgan fingerprint density at radius 3 is 2.12 bits per heavy atom. The van der Waals surface area contributed by atoms with E-state index >= 15 is 0 Å². The molecular formula is C18H18I2N4. The number of nitrogens with zero attached hydrogens (tertiary/aromatic N) is 4. The second-order valence-electron chi connectivity index (χ2n) is 5.87. The Hall–Kier alpha value is -1.16. The van der Waals surface area contributed by atoms with Crippen molar-refractivity contribution in [1.29, 1.82) is 0 Å². The van der Waals surface area contributed by atoms with E-state index in [1.807, 2.05) is 23.5 Å². The summed E-state index contributed by atoms with van der Waals surface area (Å²) < 4.78 is 6.10. The number of benzene rings is 2. The Bertz CT molecular complexity index is 1020. The molecule has 0 aliphatic carbocycles. The van der Waals surface area contributed by atoms with Gasteiger partial charge >= 0.3 is 0 Å². The van der Waals surface area contributed by atoms with Crippen LogP contribution in [0.1, 0.15) is 11.1 Å². The maximum Gasteiger partial charge on any atom is 0.131 e. The van der Waals surface area contributed by atoms with Crippen molar-refractivity contribution in [2.45, 2.75) is 13.8 Å². The Balaban J connectivity index is 0.000000141. The van der Waals surface area contributed by atoms with Crippen molar-refractivity contribution in [3.63, 3.8) is 0 Å². The molecule has 0 radical (unpaired) electrons. The van der Waals surface area contributed by atoms with Gasteiger partial charge in [0.25, 0.3) is 0 Å². The number of fused-ring (bicyclic) bond motifs is 2. The first-order valence-corrected chi connectivity index (χ1v) is 9.70. The van der Waals surface area contributed by atoms with Crippen LogP contribution in [-0.2, 0) is 14.1 Å². The molecular weight excluding hydrogens is 526 g/mol. The number of hydrogen-bond donors (Lipinski definition) is 0. The topological polar surface area (TPSA) is 35.6 Å². The van der Waals surface area contributed by atoms with Gasteiger partial charge in [-0.25, -0.2) is 0 Å². The molecule has 0 fully saturated rings. The molecule has 4 rings (SSSR count). The van der Waals surface area contributed by atoms with Gasteiger partial charge in [-0.3, -0.25) is 9.36 Å². The highest BCUT2D eigenvalue weighted by Crippen LogP contribution is 2.21. The first-order valence-electron chi connectivity index (χ1n) is 7.54. The Labute approximate surface area is 168 Å². The van der Waals surface area contributed by atoms with Gasteiger partial charge in [-0.05, 0) is 83.3 Å². The Morgan fingerprint density at radius 1 is 0.792 bits per heavy atom. The second-order valence-corrected chi connectivity index (χ2v) is 7.91. The highest BCUT2D eigenvalue weighted by molar-refractivity contribution is 14.1. The van der Waals surface area contributed by atoms with Crippen LogP contribution in [-0.4, -0.2) is 19.6 Å². The molecule has 0 saturated carbocycles. The summed E-state index contributed by atoms with van der Waals surface area (Å²) in [5, 5.41) is 11.2. The largest absolute Gasteiger partial charge is 0.267 e. The predicted octanol–water partition coefficient (Wildman–Crippen LogP) is 4.97. The van der Waals surface area contributed by atoms with Crippen molar-refractivity contribution in [3.05, 3.63) is 54.9 Å². The minimum Gasteiger partial charge on any atom is -0.267 e. The predicted molar refractivity (Wildman–Crippen MR) is 116 cm³/mol. The third kappa shape index (κ3) is 3.44. The minimum absolute atomic E-state index is 1.08. The van der Waals surface area contributed by atoms with Crippen LogP contribution in [0.2, 0.25) is 0 Å². The van der Waals surface area contributed by atoms with Crippen LogP contribution < -0.4 is 0 Å². The summed E-state index contributed by atoms with van der Waals surface area (Å²) in [5.74, 6) is 0. The summed E-state index contributed by atoms with van der Waals surface area (Å²) >= 11 is 4.58. The lowest BCUT2D eigenvalue weighted by Gasteiger charge is -1.94. The number of aromatic nitrogens is 4. The van der Waals surface area contributed by atoms with E-state index in [9.17, 15) is 0 Å². The molecule has 124 valence electrons. The van der Waals surface area contributed by atoms with Crippen molar-refractivity contribution in [3.8, 4) is 0 Å². The zero-order valence-corrected chi connectivity index (χ0v) is 18.3. The third-order valence-corrected chi connectivity index (χ3v) is 5.95. The molecule has 0 spiro atoms. The minimum atomic E-state index is 1.08. The van der Waals surface area contributed by atoms with Crippen LogP contribution in [0.3, 0.4) is 0 Å². The first-order chi connectivity index (χ1) is 11.4. The summed E-state index contributed by atoms with van der Waals surface area (Å²) in [6.45, 7) is 4.20. The van der Waals surface area contributed by atoms with Crippen molar-refractivity contribution >= 4 is 67.0 Å². The molecule has 0 saturated heterocycles. The molecule has 0 N–H and O–H groups in total. The van der Waals surface area contributed by atoms with Crippen LogP contribution in [0.5, 0.6) is 0 Å². The monoisotopic (exact) mass is 544 g/mol. The lowest BCUT2D eigenvalue weighted by molar-refractivity contribution is 0.759. The van der Waals surface area contributed by atoms with Crippen LogP contribution in [0.4, 0.5) is 0 Å². The molecule has 0 amide bonds. The molecule has 2 heterocycles. The zero-order valence-electron chi connectivity index (χ0n) is 14.0. The van der Waals surface area contributed by atoms with Gasteiger partial charge < -0.3 is 0 Å². The Kier molecular flexibility index (Phi) is 5.14. The highest BCUT2D eigenvalue weighted by Gasteiger charge is 2.05. The number of hydrogen-bond acceptors (Lipinski definition) is 2. The molecule has 0 unspecified atom stereocenters. The number of halogens is 2. The smallest absolute Gasteiger partial charge is 0.131 e. The SMILES string of the molecule is Cc1ccc2c(c1)c(I)nn2C.Cc1ccc2nn(C)c(I)c2c1. The van der Waals surface area contributed by atoms with Crippen molar-refractivity contribution in [1.82, 2.24) is 19.6 Å². The molecule has 2 aromatic heterocycles. The summed E-state index contributed by atoms with van der Waals surface area (Å²) in [6.07, 6.45) is 0. The molecule has 2 aromatic carbocycles. The van der Waals surface area contributed by atoms with Gasteiger partial charge in [0.1, 0.15) is 7.40 Å². The lowest BCUT2D eigenvalue weighted by atomic mass is 10.2. The first kappa shape index (κ1) is 17.7. The molecule has 4 nitrogen and oxygen atoms in total. The van der Waals surface area contributed by atoms with Gasteiger partial charge in [-0.1, -0.05) is 23.3 Å². The quantitative estimate of drug-likeness (QED) is 0.293. The number of rotatable bonds is 0. The zero-order chi connectivity index (χ0) is 17.4. The van der Waals surface area contributed by atoms with Gasteiger partial charge in [0.2, 0.25) is 0 Å². The van der Waals surface area contributed by atoms with Crippen molar-refractivity contribution in [2.24, 2.45) is 14.1 Å². The molecule has 4 aromatic rings. The van der Waals surface area contributed by atoms with E-state index in [0.717, 1.165) is 9.22 Å². The van der Waals surface area contributed by atoms with Crippen LogP contribution in [0.25, 0.3) is 21.8 Å². The van der Waals surface area contributed by atoms with E-state index in [2.05, 4.69) is 106 Å². The number of aryl methyl sites for hydroxylation is 4. The van der Waals surface area contributed by atoms with E-state index in [-0.39, 0.29) is 0 Å². The van der Waals surface area contributed by atoms with E-state index < -0.39 is 0 Å². The van der Waals surface area contributed by atoms with Crippen molar-refractivity contribution in [2.75, 3.05) is 0 Å². The van der Waals surface area contributed by atoms with E-state index in [1.54, 1.807) is 0 Å². The molecule has 0 aliphatic rings. The summed E-state index contributed by atoms with van der Waals surface area (Å²) in [7, 11) is 3.94. The Morgan fingerprint density at radius 2 is 1.42 bits per heavy atom. The van der Waals surface area contributed by atoms with Gasteiger partial charge in [0.05, 0.1) is 11.0 Å². The summed E-state index contributed by atoms with van der Waals surface area (Å²) in [6, 6.07) is 12.7. The van der Waals surface area contributed by atoms with E-state index in [4.69, 9.17) is 0 Å². The summed E-state index contributed by atoms with van der Waals surface area (Å²) in [5.41, 5.74) is 4.85. The third-order valence-electron chi connectivity index (χ3n) is 3.88. The molecule has 0 atom stereocenters. The van der Waals surface area contributed by atoms with E-state index in [0.29, 0.717) is 0 Å². The molecule has 0 aliphatic heterocycles. The van der Waals surface area contributed by atoms with Crippen molar-refractivity contribution < 1.29 is 0 Å². The lowest BCUT2D eigenvalue weighted by Crippen LogP contribution is -1.91. The normalized spacial score (nSPS) is 10.9. The maximum atomic E-state index is 4.36. The van der Waals surface area contributed by atoms with Crippen LogP contribution in [0.15, 0.2) is 36.4 Å². The van der Waals surface area contributed by atoms with Crippen LogP contribution in [0, 0.1) is 21.2 Å². The van der Waals surface area contributed by atoms with Gasteiger partial charge in [0.15, 0.2) is 0 Å². The molecule has 0 bridgehead atoms.